The van der Waals surface area contributed by atoms with Gasteiger partial charge in [-0.2, -0.15) is 4.98 Å². The molecule has 1 aromatic heterocycles. The highest BCUT2D eigenvalue weighted by Crippen LogP contribution is 2.25. The number of nitrogens with one attached hydrogen (secondary N) is 1. The average molecular weight is 307 g/mol. The summed E-state index contributed by atoms with van der Waals surface area (Å²) in [5.41, 5.74) is 1.46. The monoisotopic (exact) mass is 306 g/mol. The molecule has 0 saturated heterocycles. The number of aromatic nitrogens is 1. The van der Waals surface area contributed by atoms with Crippen molar-refractivity contribution in [1.82, 2.24) is 4.98 Å². The molecule has 2 aromatic carbocycles. The molecule has 0 bridgehead atoms. The van der Waals surface area contributed by atoms with E-state index < -0.39 is 11.8 Å². The smallest absolute Gasteiger partial charge is 0.335 e. The minimum absolute atomic E-state index is 0.0238. The van der Waals surface area contributed by atoms with Crippen LogP contribution in [0, 0.1) is 5.82 Å². The van der Waals surface area contributed by atoms with E-state index in [0.29, 0.717) is 16.8 Å². The highest BCUT2D eigenvalue weighted by Gasteiger charge is 2.10. The maximum absolute atomic E-state index is 13.1. The zero-order chi connectivity index (χ0) is 15.0. The van der Waals surface area contributed by atoms with Gasteiger partial charge in [-0.15, -0.1) is 0 Å². The van der Waals surface area contributed by atoms with Crippen molar-refractivity contribution >= 4 is 40.4 Å². The van der Waals surface area contributed by atoms with Gasteiger partial charge in [0.25, 0.3) is 6.01 Å². The molecule has 3 rings (SSSR count). The van der Waals surface area contributed by atoms with E-state index in [0.717, 1.165) is 0 Å². The summed E-state index contributed by atoms with van der Waals surface area (Å²) in [5.74, 6) is -1.57. The molecule has 0 atom stereocenters. The number of rotatable bonds is 3. The maximum Gasteiger partial charge on any atom is 0.335 e. The second kappa shape index (κ2) is 5.06. The van der Waals surface area contributed by atoms with Crippen LogP contribution in [0.5, 0.6) is 0 Å². The first-order valence-corrected chi connectivity index (χ1v) is 6.27. The fraction of sp³-hybridized carbons (Fsp3) is 0. The number of benzene rings is 2. The Balaban J connectivity index is 1.93. The van der Waals surface area contributed by atoms with Gasteiger partial charge in [0.1, 0.15) is 11.3 Å². The minimum atomic E-state index is -1.05. The van der Waals surface area contributed by atoms with E-state index in [-0.39, 0.29) is 16.6 Å². The van der Waals surface area contributed by atoms with Crippen LogP contribution in [0.4, 0.5) is 16.1 Å². The Morgan fingerprint density at radius 3 is 2.81 bits per heavy atom. The Bertz CT molecular complexity index is 847. The van der Waals surface area contributed by atoms with Crippen molar-refractivity contribution < 1.29 is 18.7 Å². The zero-order valence-corrected chi connectivity index (χ0v) is 11.2. The van der Waals surface area contributed by atoms with E-state index in [4.69, 9.17) is 21.1 Å². The summed E-state index contributed by atoms with van der Waals surface area (Å²) in [6, 6.07) is 8.63. The predicted molar refractivity (Wildman–Crippen MR) is 75.7 cm³/mol. The van der Waals surface area contributed by atoms with Crippen LogP contribution < -0.4 is 5.32 Å². The number of carboxylic acid groups (broad SMARTS) is 1. The lowest BCUT2D eigenvalue weighted by molar-refractivity contribution is 0.0697. The number of halogens is 2. The normalized spacial score (nSPS) is 10.8. The summed E-state index contributed by atoms with van der Waals surface area (Å²) in [5, 5.41) is 11.7. The molecule has 0 aliphatic heterocycles. The van der Waals surface area contributed by atoms with E-state index in [1.807, 2.05) is 0 Å². The number of carbonyl (C=O) groups is 1. The molecule has 0 aliphatic carbocycles. The molecular weight excluding hydrogens is 299 g/mol. The van der Waals surface area contributed by atoms with Gasteiger partial charge in [-0.1, -0.05) is 11.6 Å². The van der Waals surface area contributed by atoms with Gasteiger partial charge in [-0.3, -0.25) is 0 Å². The van der Waals surface area contributed by atoms with Crippen LogP contribution in [0.25, 0.3) is 11.1 Å². The molecule has 5 nitrogen and oxygen atoms in total. The van der Waals surface area contributed by atoms with Crippen LogP contribution in [0.1, 0.15) is 10.4 Å². The highest BCUT2D eigenvalue weighted by molar-refractivity contribution is 6.31. The van der Waals surface area contributed by atoms with E-state index in [1.165, 1.54) is 30.3 Å². The lowest BCUT2D eigenvalue weighted by Crippen LogP contribution is -1.94. The number of hydrogen-bond donors (Lipinski definition) is 2. The highest BCUT2D eigenvalue weighted by atomic mass is 35.5. The lowest BCUT2D eigenvalue weighted by Gasteiger charge is -2.02. The SMILES string of the molecule is O=C(O)c1ccc2nc(Nc3ccc(F)c(Cl)c3)oc2c1. The van der Waals surface area contributed by atoms with E-state index in [1.54, 1.807) is 6.07 Å². The fourth-order valence-corrected chi connectivity index (χ4v) is 1.99. The van der Waals surface area contributed by atoms with Crippen molar-refractivity contribution in [2.24, 2.45) is 0 Å². The number of anilines is 2. The Labute approximate surface area is 123 Å². The van der Waals surface area contributed by atoms with Crippen molar-refractivity contribution in [3.63, 3.8) is 0 Å². The van der Waals surface area contributed by atoms with Crippen LogP contribution in [-0.2, 0) is 0 Å². The molecule has 0 radical (unpaired) electrons. The first kappa shape index (κ1) is 13.4. The number of nitrogens with zero attached hydrogens (tertiary/aromatic N) is 1. The molecule has 21 heavy (non-hydrogen) atoms. The average Bonchev–Trinajstić information content (AvgIpc) is 2.84. The van der Waals surface area contributed by atoms with Crippen LogP contribution in [-0.4, -0.2) is 16.1 Å². The summed E-state index contributed by atoms with van der Waals surface area (Å²) >= 11 is 5.68. The molecule has 0 amide bonds. The van der Waals surface area contributed by atoms with Gasteiger partial charge < -0.3 is 14.8 Å². The van der Waals surface area contributed by atoms with Gasteiger partial charge in [0, 0.05) is 5.69 Å². The Morgan fingerprint density at radius 1 is 1.29 bits per heavy atom. The number of aromatic carboxylic acids is 1. The molecule has 2 N–H and O–H groups in total. The first-order valence-electron chi connectivity index (χ1n) is 5.89. The number of oxazole rings is 1. The van der Waals surface area contributed by atoms with E-state index in [2.05, 4.69) is 10.3 Å². The van der Waals surface area contributed by atoms with Crippen molar-refractivity contribution in [2.45, 2.75) is 0 Å². The second-order valence-electron chi connectivity index (χ2n) is 4.26. The molecule has 0 unspecified atom stereocenters. The number of hydrogen-bond acceptors (Lipinski definition) is 4. The summed E-state index contributed by atoms with van der Waals surface area (Å²) in [6.07, 6.45) is 0. The van der Waals surface area contributed by atoms with E-state index in [9.17, 15) is 9.18 Å². The Morgan fingerprint density at radius 2 is 2.10 bits per heavy atom. The summed E-state index contributed by atoms with van der Waals surface area (Å²) in [4.78, 5) is 15.0. The van der Waals surface area contributed by atoms with Gasteiger partial charge in [-0.25, -0.2) is 9.18 Å². The topological polar surface area (TPSA) is 75.4 Å². The lowest BCUT2D eigenvalue weighted by atomic mass is 10.2. The number of fused-ring (bicyclic) bond motifs is 1. The molecule has 106 valence electrons. The largest absolute Gasteiger partial charge is 0.478 e. The maximum atomic E-state index is 13.1. The van der Waals surface area contributed by atoms with Gasteiger partial charge in [0.2, 0.25) is 0 Å². The molecule has 1 heterocycles. The minimum Gasteiger partial charge on any atom is -0.478 e. The van der Waals surface area contributed by atoms with Crippen LogP contribution in [0.15, 0.2) is 40.8 Å². The third-order valence-corrected chi connectivity index (χ3v) is 3.10. The Hall–Kier alpha value is -2.60. The summed E-state index contributed by atoms with van der Waals surface area (Å²) in [6.45, 7) is 0. The molecular formula is C14H8ClFN2O3. The Kier molecular flexibility index (Phi) is 3.23. The summed E-state index contributed by atoms with van der Waals surface area (Å²) < 4.78 is 18.5. The molecule has 3 aromatic rings. The molecule has 0 fully saturated rings. The standard InChI is InChI=1S/C14H8ClFN2O3/c15-9-6-8(2-3-10(9)16)17-14-18-11-4-1-7(13(19)20)5-12(11)21-14/h1-6H,(H,17,18)(H,19,20). The molecule has 0 aliphatic rings. The summed E-state index contributed by atoms with van der Waals surface area (Å²) in [7, 11) is 0. The van der Waals surface area contributed by atoms with Crippen molar-refractivity contribution in [3.05, 3.63) is 52.8 Å². The van der Waals surface area contributed by atoms with E-state index >= 15 is 0 Å². The molecule has 7 heteroatoms. The van der Waals surface area contributed by atoms with Crippen LogP contribution >= 0.6 is 11.6 Å². The van der Waals surface area contributed by atoms with Crippen molar-refractivity contribution in [3.8, 4) is 0 Å². The quantitative estimate of drug-likeness (QED) is 0.763. The van der Waals surface area contributed by atoms with Crippen molar-refractivity contribution in [2.75, 3.05) is 5.32 Å². The van der Waals surface area contributed by atoms with Gasteiger partial charge >= 0.3 is 5.97 Å². The number of carboxylic acids is 1. The molecule has 0 spiro atoms. The second-order valence-corrected chi connectivity index (χ2v) is 4.67. The first-order chi connectivity index (χ1) is 10.0. The van der Waals surface area contributed by atoms with Crippen LogP contribution in [0.3, 0.4) is 0 Å². The third-order valence-electron chi connectivity index (χ3n) is 2.81. The predicted octanol–water partition coefficient (Wildman–Crippen LogP) is 4.06. The molecule has 0 saturated carbocycles. The van der Waals surface area contributed by atoms with Crippen molar-refractivity contribution in [1.29, 1.82) is 0 Å². The zero-order valence-electron chi connectivity index (χ0n) is 10.4. The van der Waals surface area contributed by atoms with Crippen LogP contribution in [0.2, 0.25) is 5.02 Å². The van der Waals surface area contributed by atoms with Gasteiger partial charge in [0.15, 0.2) is 5.58 Å². The third kappa shape index (κ3) is 2.66. The van der Waals surface area contributed by atoms with Gasteiger partial charge in [-0.05, 0) is 36.4 Å². The van der Waals surface area contributed by atoms with Gasteiger partial charge in [0.05, 0.1) is 10.6 Å². The fourth-order valence-electron chi connectivity index (χ4n) is 1.81.